The number of halogens is 2. The molecule has 0 unspecified atom stereocenters. The molecule has 0 aliphatic rings. The number of aryl methyl sites for hydroxylation is 1. The monoisotopic (exact) mass is 435 g/mol. The zero-order chi connectivity index (χ0) is 21.9. The van der Waals surface area contributed by atoms with Crippen LogP contribution in [0, 0.1) is 24.2 Å². The van der Waals surface area contributed by atoms with E-state index in [0.29, 0.717) is 16.1 Å². The molecule has 0 saturated carbocycles. The highest BCUT2D eigenvalue weighted by atomic mass is 35.5. The lowest BCUT2D eigenvalue weighted by molar-refractivity contribution is 0.103. The van der Waals surface area contributed by atoms with Gasteiger partial charge in [0.1, 0.15) is 13.9 Å². The summed E-state index contributed by atoms with van der Waals surface area (Å²) in [7, 11) is -1.51. The van der Waals surface area contributed by atoms with Gasteiger partial charge < -0.3 is 5.32 Å². The van der Waals surface area contributed by atoms with Gasteiger partial charge in [-0.25, -0.2) is 4.39 Å². The summed E-state index contributed by atoms with van der Waals surface area (Å²) in [5.74, 6) is 2.77. The Morgan fingerprint density at radius 3 is 2.23 bits per heavy atom. The Bertz CT molecular complexity index is 1150. The zero-order valence-electron chi connectivity index (χ0n) is 17.4. The van der Waals surface area contributed by atoms with Gasteiger partial charge in [0.2, 0.25) is 0 Å². The second-order valence-corrected chi connectivity index (χ2v) is 13.3. The maximum atomic E-state index is 13.2. The van der Waals surface area contributed by atoms with Crippen molar-refractivity contribution >= 4 is 36.8 Å². The molecule has 5 heteroatoms. The molecule has 0 radical (unpaired) electrons. The van der Waals surface area contributed by atoms with Crippen molar-refractivity contribution in [3.8, 4) is 11.5 Å². The highest BCUT2D eigenvalue weighted by Gasteiger charge is 2.16. The molecule has 3 rings (SSSR count). The Kier molecular flexibility index (Phi) is 6.45. The lowest BCUT2D eigenvalue weighted by Gasteiger charge is -2.11. The van der Waals surface area contributed by atoms with Gasteiger partial charge >= 0.3 is 0 Å². The van der Waals surface area contributed by atoms with Gasteiger partial charge in [-0.2, -0.15) is 0 Å². The fraction of sp³-hybridized carbons (Fsp3) is 0.160. The standard InChI is InChI=1S/C25H23ClFNOSi/c1-17-5-6-18(13-14-30(2,3)4)15-23(17)25(29)22-12-11-21(16-24(22)26)28-20-9-7-19(27)8-10-20/h5-12,15-16,28H,1-4H3. The quantitative estimate of drug-likeness (QED) is 0.272. The highest BCUT2D eigenvalue weighted by Crippen LogP contribution is 2.27. The molecule has 3 aromatic rings. The number of carbonyl (C=O) groups excluding carboxylic acids is 1. The largest absolute Gasteiger partial charge is 0.355 e. The number of anilines is 2. The van der Waals surface area contributed by atoms with Crippen LogP contribution in [-0.2, 0) is 0 Å². The molecule has 0 aliphatic heterocycles. The van der Waals surface area contributed by atoms with E-state index in [4.69, 9.17) is 11.6 Å². The van der Waals surface area contributed by atoms with Crippen molar-refractivity contribution in [1.82, 2.24) is 0 Å². The van der Waals surface area contributed by atoms with Crippen molar-refractivity contribution in [1.29, 1.82) is 0 Å². The number of hydrogen-bond donors (Lipinski definition) is 1. The molecule has 0 spiro atoms. The minimum absolute atomic E-state index is 0.137. The predicted molar refractivity (Wildman–Crippen MR) is 126 cm³/mol. The third kappa shape index (κ3) is 5.60. The van der Waals surface area contributed by atoms with Crippen molar-refractivity contribution < 1.29 is 9.18 Å². The van der Waals surface area contributed by atoms with Crippen LogP contribution >= 0.6 is 11.6 Å². The Morgan fingerprint density at radius 2 is 1.60 bits per heavy atom. The average Bonchev–Trinajstić information content (AvgIpc) is 2.68. The molecule has 0 aromatic heterocycles. The molecule has 1 N–H and O–H groups in total. The van der Waals surface area contributed by atoms with Gasteiger partial charge in [-0.1, -0.05) is 43.2 Å². The van der Waals surface area contributed by atoms with Gasteiger partial charge in [-0.15, -0.1) is 5.54 Å². The first kappa shape index (κ1) is 21.8. The van der Waals surface area contributed by atoms with E-state index in [1.54, 1.807) is 30.3 Å². The Morgan fingerprint density at radius 1 is 0.933 bits per heavy atom. The molecule has 2 nitrogen and oxygen atoms in total. The van der Waals surface area contributed by atoms with E-state index in [1.807, 2.05) is 25.1 Å². The van der Waals surface area contributed by atoms with Gasteiger partial charge in [-0.05, 0) is 67.1 Å². The Balaban J connectivity index is 1.87. The second-order valence-electron chi connectivity index (χ2n) is 8.19. The van der Waals surface area contributed by atoms with Gasteiger partial charge in [0, 0.05) is 28.1 Å². The third-order valence-electron chi connectivity index (χ3n) is 4.41. The van der Waals surface area contributed by atoms with Crippen LogP contribution in [0.5, 0.6) is 0 Å². The predicted octanol–water partition coefficient (Wildman–Crippen LogP) is 6.99. The van der Waals surface area contributed by atoms with E-state index < -0.39 is 8.07 Å². The summed E-state index contributed by atoms with van der Waals surface area (Å²) in [6.07, 6.45) is 0. The number of benzene rings is 3. The number of hydrogen-bond acceptors (Lipinski definition) is 2. The normalized spacial score (nSPS) is 10.9. The molecule has 3 aromatic carbocycles. The van der Waals surface area contributed by atoms with Crippen LogP contribution in [0.1, 0.15) is 27.0 Å². The van der Waals surface area contributed by atoms with E-state index in [-0.39, 0.29) is 11.6 Å². The molecular formula is C25H23ClFNOSi. The molecule has 0 aliphatic carbocycles. The summed E-state index contributed by atoms with van der Waals surface area (Å²) in [5.41, 5.74) is 7.51. The van der Waals surface area contributed by atoms with Gasteiger partial charge in [0.25, 0.3) is 0 Å². The summed E-state index contributed by atoms with van der Waals surface area (Å²) in [5, 5.41) is 3.50. The molecule has 0 amide bonds. The summed E-state index contributed by atoms with van der Waals surface area (Å²) in [4.78, 5) is 13.2. The Labute approximate surface area is 183 Å². The summed E-state index contributed by atoms with van der Waals surface area (Å²) < 4.78 is 13.1. The number of carbonyl (C=O) groups is 1. The fourth-order valence-corrected chi connectivity index (χ4v) is 3.61. The Hall–Kier alpha value is -2.87. The maximum absolute atomic E-state index is 13.2. The maximum Gasteiger partial charge on any atom is 0.194 e. The van der Waals surface area contributed by atoms with E-state index in [1.165, 1.54) is 12.1 Å². The van der Waals surface area contributed by atoms with E-state index in [0.717, 1.165) is 22.5 Å². The number of rotatable bonds is 4. The van der Waals surface area contributed by atoms with E-state index >= 15 is 0 Å². The van der Waals surface area contributed by atoms with Crippen LogP contribution in [0.25, 0.3) is 0 Å². The van der Waals surface area contributed by atoms with Crippen molar-refractivity contribution in [2.45, 2.75) is 26.6 Å². The highest BCUT2D eigenvalue weighted by molar-refractivity contribution is 6.83. The smallest absolute Gasteiger partial charge is 0.194 e. The van der Waals surface area contributed by atoms with Crippen molar-refractivity contribution in [2.24, 2.45) is 0 Å². The molecule has 0 heterocycles. The number of nitrogens with one attached hydrogen (secondary N) is 1. The average molecular weight is 436 g/mol. The van der Waals surface area contributed by atoms with Crippen LogP contribution in [0.2, 0.25) is 24.7 Å². The molecular weight excluding hydrogens is 413 g/mol. The first-order valence-corrected chi connectivity index (χ1v) is 13.5. The minimum Gasteiger partial charge on any atom is -0.355 e. The summed E-state index contributed by atoms with van der Waals surface area (Å²) in [6, 6.07) is 16.9. The molecule has 0 bridgehead atoms. The van der Waals surface area contributed by atoms with Crippen molar-refractivity contribution in [2.75, 3.05) is 5.32 Å². The van der Waals surface area contributed by atoms with Gasteiger partial charge in [0.05, 0.1) is 5.02 Å². The summed E-state index contributed by atoms with van der Waals surface area (Å²) in [6.45, 7) is 8.45. The summed E-state index contributed by atoms with van der Waals surface area (Å²) >= 11 is 6.44. The fourth-order valence-electron chi connectivity index (χ4n) is 2.83. The van der Waals surface area contributed by atoms with Crippen LogP contribution < -0.4 is 5.32 Å². The molecule has 30 heavy (non-hydrogen) atoms. The molecule has 0 fully saturated rings. The second kappa shape index (κ2) is 8.87. The first-order valence-electron chi connectivity index (χ1n) is 9.63. The molecule has 0 atom stereocenters. The van der Waals surface area contributed by atoms with Crippen molar-refractivity contribution in [3.63, 3.8) is 0 Å². The molecule has 152 valence electrons. The lowest BCUT2D eigenvalue weighted by atomic mass is 9.97. The van der Waals surface area contributed by atoms with Gasteiger partial charge in [0.15, 0.2) is 5.78 Å². The molecule has 0 saturated heterocycles. The van der Waals surface area contributed by atoms with Crippen LogP contribution in [0.15, 0.2) is 60.7 Å². The van der Waals surface area contributed by atoms with Crippen LogP contribution in [0.3, 0.4) is 0 Å². The zero-order valence-corrected chi connectivity index (χ0v) is 19.2. The number of ketones is 1. The lowest BCUT2D eigenvalue weighted by Crippen LogP contribution is -2.16. The minimum atomic E-state index is -1.51. The van der Waals surface area contributed by atoms with E-state index in [2.05, 4.69) is 36.4 Å². The third-order valence-corrected chi connectivity index (χ3v) is 5.60. The van der Waals surface area contributed by atoms with Gasteiger partial charge in [-0.3, -0.25) is 4.79 Å². The van der Waals surface area contributed by atoms with E-state index in [9.17, 15) is 9.18 Å². The van der Waals surface area contributed by atoms with Crippen LogP contribution in [-0.4, -0.2) is 13.9 Å². The van der Waals surface area contributed by atoms with Crippen LogP contribution in [0.4, 0.5) is 15.8 Å². The topological polar surface area (TPSA) is 29.1 Å². The first-order chi connectivity index (χ1) is 14.1. The SMILES string of the molecule is Cc1ccc(C#C[Si](C)(C)C)cc1C(=O)c1ccc(Nc2ccc(F)cc2)cc1Cl. The van der Waals surface area contributed by atoms with Crippen molar-refractivity contribution in [3.05, 3.63) is 93.8 Å².